The lowest BCUT2D eigenvalue weighted by Gasteiger charge is -2.23. The smallest absolute Gasteiger partial charge is 0.191 e. The molecule has 1 aliphatic rings. The van der Waals surface area contributed by atoms with Gasteiger partial charge in [-0.1, -0.05) is 0 Å². The number of aryl methyl sites for hydroxylation is 1. The monoisotopic (exact) mass is 385 g/mol. The molecule has 3 rings (SSSR count). The first kappa shape index (κ1) is 20.2. The summed E-state index contributed by atoms with van der Waals surface area (Å²) >= 11 is 0. The van der Waals surface area contributed by atoms with Gasteiger partial charge in [0, 0.05) is 25.8 Å². The summed E-state index contributed by atoms with van der Waals surface area (Å²) in [6, 6.07) is 7.76. The standard InChI is InChI=1S/C21H31N5O2/c1-4-22-20(25-15-21(3,27)18-8-7-16(2)28-18)24-14-17-9-10-23-19(13-17)26-11-5-6-12-26/h7-10,13,27H,4-6,11-12,14-15H2,1-3H3,(H2,22,24,25). The molecule has 0 amide bonds. The Kier molecular flexibility index (Phi) is 6.57. The average molecular weight is 386 g/mol. The molecule has 1 fully saturated rings. The van der Waals surface area contributed by atoms with Crippen molar-refractivity contribution in [3.8, 4) is 0 Å². The van der Waals surface area contributed by atoms with Crippen molar-refractivity contribution in [3.63, 3.8) is 0 Å². The molecule has 0 saturated carbocycles. The Bertz CT molecular complexity index is 794. The minimum Gasteiger partial charge on any atom is -0.463 e. The Hall–Kier alpha value is -2.54. The molecule has 2 aromatic heterocycles. The van der Waals surface area contributed by atoms with Crippen molar-refractivity contribution >= 4 is 11.8 Å². The number of nitrogens with one attached hydrogen (secondary N) is 2. The van der Waals surface area contributed by atoms with E-state index in [-0.39, 0.29) is 0 Å². The number of pyridine rings is 1. The maximum absolute atomic E-state index is 10.7. The molecule has 28 heavy (non-hydrogen) atoms. The van der Waals surface area contributed by atoms with Crippen LogP contribution in [0, 0.1) is 6.92 Å². The molecule has 152 valence electrons. The molecule has 0 aromatic carbocycles. The Morgan fingerprint density at radius 1 is 1.29 bits per heavy atom. The van der Waals surface area contributed by atoms with Crippen LogP contribution >= 0.6 is 0 Å². The molecule has 3 N–H and O–H groups in total. The largest absolute Gasteiger partial charge is 0.463 e. The van der Waals surface area contributed by atoms with E-state index in [1.54, 1.807) is 13.0 Å². The van der Waals surface area contributed by atoms with Crippen LogP contribution in [0.15, 0.2) is 39.9 Å². The highest BCUT2D eigenvalue weighted by molar-refractivity contribution is 5.79. The Balaban J connectivity index is 1.63. The van der Waals surface area contributed by atoms with Crippen LogP contribution in [0.1, 0.15) is 43.8 Å². The second kappa shape index (κ2) is 9.10. The van der Waals surface area contributed by atoms with E-state index in [4.69, 9.17) is 4.42 Å². The lowest BCUT2D eigenvalue weighted by atomic mass is 10.0. The highest BCUT2D eigenvalue weighted by Crippen LogP contribution is 2.22. The molecule has 2 aromatic rings. The number of aromatic nitrogens is 1. The van der Waals surface area contributed by atoms with Crippen molar-refractivity contribution in [1.29, 1.82) is 0 Å². The van der Waals surface area contributed by atoms with Crippen molar-refractivity contribution in [2.45, 2.75) is 45.8 Å². The SMILES string of the molecule is CCNC(=NCc1ccnc(N2CCCC2)c1)NCC(C)(O)c1ccc(C)o1. The van der Waals surface area contributed by atoms with Crippen molar-refractivity contribution in [3.05, 3.63) is 47.5 Å². The van der Waals surface area contributed by atoms with Crippen molar-refractivity contribution in [2.75, 3.05) is 31.1 Å². The van der Waals surface area contributed by atoms with E-state index in [9.17, 15) is 5.11 Å². The molecule has 0 radical (unpaired) electrons. The summed E-state index contributed by atoms with van der Waals surface area (Å²) in [5.41, 5.74) is -0.00754. The first-order valence-electron chi connectivity index (χ1n) is 9.99. The fourth-order valence-corrected chi connectivity index (χ4v) is 3.26. The minimum absolute atomic E-state index is 0.293. The fourth-order valence-electron chi connectivity index (χ4n) is 3.26. The van der Waals surface area contributed by atoms with Crippen LogP contribution < -0.4 is 15.5 Å². The van der Waals surface area contributed by atoms with E-state index >= 15 is 0 Å². The van der Waals surface area contributed by atoms with Crippen LogP contribution in [0.25, 0.3) is 0 Å². The molecule has 0 aliphatic carbocycles. The zero-order valence-corrected chi connectivity index (χ0v) is 17.0. The molecule has 3 heterocycles. The molecule has 0 spiro atoms. The summed E-state index contributed by atoms with van der Waals surface area (Å²) in [6.07, 6.45) is 4.31. The van der Waals surface area contributed by atoms with Crippen LogP contribution in [0.5, 0.6) is 0 Å². The van der Waals surface area contributed by atoms with Gasteiger partial charge in [-0.15, -0.1) is 0 Å². The van der Waals surface area contributed by atoms with Gasteiger partial charge in [-0.2, -0.15) is 0 Å². The van der Waals surface area contributed by atoms with E-state index in [0.717, 1.165) is 36.8 Å². The van der Waals surface area contributed by atoms with Gasteiger partial charge in [0.25, 0.3) is 0 Å². The highest BCUT2D eigenvalue weighted by Gasteiger charge is 2.27. The second-order valence-electron chi connectivity index (χ2n) is 7.45. The molecule has 0 bridgehead atoms. The van der Waals surface area contributed by atoms with Gasteiger partial charge in [-0.3, -0.25) is 0 Å². The number of aliphatic hydroxyl groups is 1. The van der Waals surface area contributed by atoms with E-state index in [1.807, 2.05) is 32.2 Å². The zero-order valence-electron chi connectivity index (χ0n) is 17.0. The number of rotatable bonds is 7. The third-order valence-electron chi connectivity index (χ3n) is 4.88. The first-order chi connectivity index (χ1) is 13.5. The van der Waals surface area contributed by atoms with Gasteiger partial charge in [-0.25, -0.2) is 9.98 Å². The second-order valence-corrected chi connectivity index (χ2v) is 7.45. The molecular formula is C21H31N5O2. The summed E-state index contributed by atoms with van der Waals surface area (Å²) < 4.78 is 5.57. The van der Waals surface area contributed by atoms with E-state index in [0.29, 0.717) is 24.8 Å². The van der Waals surface area contributed by atoms with Gasteiger partial charge < -0.3 is 25.1 Å². The summed E-state index contributed by atoms with van der Waals surface area (Å²) in [5, 5.41) is 17.1. The van der Waals surface area contributed by atoms with Crippen molar-refractivity contribution in [2.24, 2.45) is 4.99 Å². The number of guanidine groups is 1. The molecule has 7 nitrogen and oxygen atoms in total. The molecule has 1 atom stereocenters. The zero-order chi connectivity index (χ0) is 20.0. The van der Waals surface area contributed by atoms with Gasteiger partial charge in [0.1, 0.15) is 22.9 Å². The summed E-state index contributed by atoms with van der Waals surface area (Å²) in [4.78, 5) is 11.5. The van der Waals surface area contributed by atoms with E-state index in [2.05, 4.69) is 31.6 Å². The topological polar surface area (TPSA) is 85.9 Å². The number of hydrogen-bond donors (Lipinski definition) is 3. The number of nitrogens with zero attached hydrogens (tertiary/aromatic N) is 3. The van der Waals surface area contributed by atoms with E-state index < -0.39 is 5.60 Å². The fraction of sp³-hybridized carbons (Fsp3) is 0.524. The van der Waals surface area contributed by atoms with Gasteiger partial charge in [0.15, 0.2) is 5.96 Å². The van der Waals surface area contributed by atoms with Crippen molar-refractivity contribution in [1.82, 2.24) is 15.6 Å². The maximum Gasteiger partial charge on any atom is 0.191 e. The predicted molar refractivity (Wildman–Crippen MR) is 112 cm³/mol. The summed E-state index contributed by atoms with van der Waals surface area (Å²) in [5.74, 6) is 3.00. The lowest BCUT2D eigenvalue weighted by Crippen LogP contribution is -2.44. The van der Waals surface area contributed by atoms with Crippen LogP contribution in [0.3, 0.4) is 0 Å². The molecular weight excluding hydrogens is 354 g/mol. The number of anilines is 1. The van der Waals surface area contributed by atoms with E-state index in [1.165, 1.54) is 12.8 Å². The number of hydrogen-bond acceptors (Lipinski definition) is 5. The quantitative estimate of drug-likeness (QED) is 0.502. The van der Waals surface area contributed by atoms with Gasteiger partial charge >= 0.3 is 0 Å². The maximum atomic E-state index is 10.7. The molecule has 1 unspecified atom stereocenters. The third kappa shape index (κ3) is 5.25. The normalized spacial score (nSPS) is 16.9. The number of aliphatic imine (C=N–C) groups is 1. The summed E-state index contributed by atoms with van der Waals surface area (Å²) in [7, 11) is 0. The third-order valence-corrected chi connectivity index (χ3v) is 4.88. The highest BCUT2D eigenvalue weighted by atomic mass is 16.4. The Labute approximate surface area is 166 Å². The Morgan fingerprint density at radius 2 is 2.07 bits per heavy atom. The van der Waals surface area contributed by atoms with Crippen LogP contribution in [-0.2, 0) is 12.1 Å². The lowest BCUT2D eigenvalue weighted by molar-refractivity contribution is 0.0378. The molecule has 1 saturated heterocycles. The van der Waals surface area contributed by atoms with Gasteiger partial charge in [0.2, 0.25) is 0 Å². The Morgan fingerprint density at radius 3 is 2.75 bits per heavy atom. The molecule has 1 aliphatic heterocycles. The molecule has 7 heteroatoms. The van der Waals surface area contributed by atoms with Crippen LogP contribution in [-0.4, -0.2) is 42.2 Å². The number of furan rings is 1. The summed E-state index contributed by atoms with van der Waals surface area (Å²) in [6.45, 7) is 9.33. The van der Waals surface area contributed by atoms with Gasteiger partial charge in [-0.05, 0) is 63.4 Å². The average Bonchev–Trinajstić information content (AvgIpc) is 3.36. The van der Waals surface area contributed by atoms with Crippen molar-refractivity contribution < 1.29 is 9.52 Å². The van der Waals surface area contributed by atoms with Gasteiger partial charge in [0.05, 0.1) is 13.1 Å². The minimum atomic E-state index is -1.12. The van der Waals surface area contributed by atoms with Crippen LogP contribution in [0.2, 0.25) is 0 Å². The first-order valence-corrected chi connectivity index (χ1v) is 9.99. The van der Waals surface area contributed by atoms with Crippen LogP contribution in [0.4, 0.5) is 5.82 Å². The predicted octanol–water partition coefficient (Wildman–Crippen LogP) is 2.55.